The van der Waals surface area contributed by atoms with Crippen molar-refractivity contribution in [3.05, 3.63) is 17.8 Å². The number of esters is 2. The van der Waals surface area contributed by atoms with E-state index < -0.39 is 11.6 Å². The molecule has 6 heteroatoms. The third kappa shape index (κ3) is 5.41. The van der Waals surface area contributed by atoms with Crippen molar-refractivity contribution in [3.8, 4) is 5.88 Å². The number of carbonyl (C=O) groups is 2. The maximum atomic E-state index is 12.0. The van der Waals surface area contributed by atoms with Crippen molar-refractivity contribution >= 4 is 17.6 Å². The predicted octanol–water partition coefficient (Wildman–Crippen LogP) is 2.78. The summed E-state index contributed by atoms with van der Waals surface area (Å²) in [7, 11) is 1.68. The average molecular weight is 294 g/mol. The van der Waals surface area contributed by atoms with E-state index in [-0.39, 0.29) is 17.5 Å². The normalized spacial score (nSPS) is 10.9. The molecule has 0 amide bonds. The molecule has 0 unspecified atom stereocenters. The Morgan fingerprint density at radius 1 is 1.29 bits per heavy atom. The number of nitrogens with zero attached hydrogens (tertiary/aromatic N) is 1. The summed E-state index contributed by atoms with van der Waals surface area (Å²) in [5.41, 5.74) is 0.0226. The van der Waals surface area contributed by atoms with Gasteiger partial charge in [0.2, 0.25) is 5.88 Å². The van der Waals surface area contributed by atoms with Crippen molar-refractivity contribution in [3.63, 3.8) is 0 Å². The Hall–Kier alpha value is -2.11. The molecule has 1 rings (SSSR count). The maximum Gasteiger partial charge on any atom is 0.357 e. The summed E-state index contributed by atoms with van der Waals surface area (Å²) in [4.78, 5) is 27.6. The SMILES string of the molecule is CCCC(=O)Oc1nc(C(=O)OC(C)(C)C)ccc1NC. The van der Waals surface area contributed by atoms with Gasteiger partial charge in [0.1, 0.15) is 5.60 Å². The second-order valence-electron chi connectivity index (χ2n) is 5.53. The van der Waals surface area contributed by atoms with Crippen molar-refractivity contribution in [2.75, 3.05) is 12.4 Å². The summed E-state index contributed by atoms with van der Waals surface area (Å²) in [6, 6.07) is 3.15. The van der Waals surface area contributed by atoms with Crippen LogP contribution in [0.4, 0.5) is 5.69 Å². The lowest BCUT2D eigenvalue weighted by Gasteiger charge is -2.19. The lowest BCUT2D eigenvalue weighted by Crippen LogP contribution is -2.24. The molecule has 0 spiro atoms. The summed E-state index contributed by atoms with van der Waals surface area (Å²) in [5, 5.41) is 2.87. The van der Waals surface area contributed by atoms with Gasteiger partial charge in [0.25, 0.3) is 0 Å². The number of aromatic nitrogens is 1. The average Bonchev–Trinajstić information content (AvgIpc) is 2.36. The summed E-state index contributed by atoms with van der Waals surface area (Å²) < 4.78 is 10.4. The minimum absolute atomic E-state index is 0.0827. The largest absolute Gasteiger partial charge is 0.455 e. The highest BCUT2D eigenvalue weighted by molar-refractivity contribution is 5.88. The van der Waals surface area contributed by atoms with Crippen molar-refractivity contribution in [2.45, 2.75) is 46.1 Å². The Labute approximate surface area is 124 Å². The van der Waals surface area contributed by atoms with Crippen molar-refractivity contribution in [1.82, 2.24) is 4.98 Å². The van der Waals surface area contributed by atoms with Crippen LogP contribution in [0.25, 0.3) is 0 Å². The zero-order valence-corrected chi connectivity index (χ0v) is 13.1. The van der Waals surface area contributed by atoms with E-state index in [0.29, 0.717) is 18.5 Å². The molecule has 1 aromatic heterocycles. The van der Waals surface area contributed by atoms with Crippen LogP contribution in [0.5, 0.6) is 5.88 Å². The molecule has 1 heterocycles. The standard InChI is InChI=1S/C15H22N2O4/c1-6-7-12(18)20-13-10(16-5)8-9-11(17-13)14(19)21-15(2,3)4/h8-9,16H,6-7H2,1-5H3. The van der Waals surface area contributed by atoms with Gasteiger partial charge >= 0.3 is 11.9 Å². The Morgan fingerprint density at radius 2 is 1.95 bits per heavy atom. The Morgan fingerprint density at radius 3 is 2.48 bits per heavy atom. The number of ether oxygens (including phenoxy) is 2. The molecule has 21 heavy (non-hydrogen) atoms. The second kappa shape index (κ2) is 7.06. The summed E-state index contributed by atoms with van der Waals surface area (Å²) in [6.07, 6.45) is 0.973. The van der Waals surface area contributed by atoms with Crippen LogP contribution in [0.3, 0.4) is 0 Å². The molecule has 0 aliphatic rings. The fourth-order valence-electron chi connectivity index (χ4n) is 1.52. The smallest absolute Gasteiger partial charge is 0.357 e. The molecule has 116 valence electrons. The van der Waals surface area contributed by atoms with E-state index >= 15 is 0 Å². The van der Waals surface area contributed by atoms with Gasteiger partial charge in [0, 0.05) is 13.5 Å². The Bertz CT molecular complexity index is 521. The van der Waals surface area contributed by atoms with Crippen LogP contribution in [0.15, 0.2) is 12.1 Å². The van der Waals surface area contributed by atoms with Crippen LogP contribution in [0.1, 0.15) is 51.0 Å². The fraction of sp³-hybridized carbons (Fsp3) is 0.533. The number of hydrogen-bond acceptors (Lipinski definition) is 6. The molecule has 0 aliphatic heterocycles. The quantitative estimate of drug-likeness (QED) is 0.841. The van der Waals surface area contributed by atoms with Crippen LogP contribution in [0.2, 0.25) is 0 Å². The van der Waals surface area contributed by atoms with Gasteiger partial charge in [-0.1, -0.05) is 6.92 Å². The highest BCUT2D eigenvalue weighted by Crippen LogP contribution is 2.23. The highest BCUT2D eigenvalue weighted by atomic mass is 16.6. The predicted molar refractivity (Wildman–Crippen MR) is 79.5 cm³/mol. The first-order chi connectivity index (χ1) is 9.76. The zero-order valence-electron chi connectivity index (χ0n) is 13.1. The second-order valence-corrected chi connectivity index (χ2v) is 5.53. The van der Waals surface area contributed by atoms with Gasteiger partial charge in [-0.2, -0.15) is 0 Å². The third-order valence-corrected chi connectivity index (χ3v) is 2.40. The van der Waals surface area contributed by atoms with E-state index in [4.69, 9.17) is 9.47 Å². The molecule has 0 aliphatic carbocycles. The van der Waals surface area contributed by atoms with E-state index in [1.807, 2.05) is 6.92 Å². The molecule has 0 atom stereocenters. The molecule has 0 saturated heterocycles. The topological polar surface area (TPSA) is 77.5 Å². The van der Waals surface area contributed by atoms with Crippen LogP contribution in [0, 0.1) is 0 Å². The van der Waals surface area contributed by atoms with Gasteiger partial charge in [-0.3, -0.25) is 4.79 Å². The molecular formula is C15H22N2O4. The number of rotatable bonds is 5. The molecule has 0 aromatic carbocycles. The van der Waals surface area contributed by atoms with E-state index in [0.717, 1.165) is 0 Å². The highest BCUT2D eigenvalue weighted by Gasteiger charge is 2.21. The molecule has 1 aromatic rings. The monoisotopic (exact) mass is 294 g/mol. The van der Waals surface area contributed by atoms with Gasteiger partial charge in [0.05, 0.1) is 5.69 Å². The maximum absolute atomic E-state index is 12.0. The van der Waals surface area contributed by atoms with Gasteiger partial charge in [-0.25, -0.2) is 9.78 Å². The number of pyridine rings is 1. The van der Waals surface area contributed by atoms with Gasteiger partial charge < -0.3 is 14.8 Å². The van der Waals surface area contributed by atoms with Crippen molar-refractivity contribution < 1.29 is 19.1 Å². The van der Waals surface area contributed by atoms with Crippen LogP contribution in [-0.2, 0) is 9.53 Å². The van der Waals surface area contributed by atoms with Crippen LogP contribution >= 0.6 is 0 Å². The minimum Gasteiger partial charge on any atom is -0.455 e. The molecule has 6 nitrogen and oxygen atoms in total. The number of nitrogens with one attached hydrogen (secondary N) is 1. The summed E-state index contributed by atoms with van der Waals surface area (Å²) in [5.74, 6) is -0.861. The zero-order chi connectivity index (χ0) is 16.0. The number of hydrogen-bond donors (Lipinski definition) is 1. The van der Waals surface area contributed by atoms with E-state index in [2.05, 4.69) is 10.3 Å². The molecule has 0 radical (unpaired) electrons. The Kier molecular flexibility index (Phi) is 5.69. The van der Waals surface area contributed by atoms with E-state index in [1.54, 1.807) is 33.9 Å². The first-order valence-corrected chi connectivity index (χ1v) is 6.89. The molecule has 1 N–H and O–H groups in total. The lowest BCUT2D eigenvalue weighted by atomic mass is 10.2. The van der Waals surface area contributed by atoms with Gasteiger partial charge in [-0.15, -0.1) is 0 Å². The third-order valence-electron chi connectivity index (χ3n) is 2.40. The van der Waals surface area contributed by atoms with Crippen molar-refractivity contribution in [2.24, 2.45) is 0 Å². The Balaban J connectivity index is 2.99. The van der Waals surface area contributed by atoms with Gasteiger partial charge in [0.15, 0.2) is 5.69 Å². The van der Waals surface area contributed by atoms with Crippen LogP contribution < -0.4 is 10.1 Å². The van der Waals surface area contributed by atoms with E-state index in [1.165, 1.54) is 6.07 Å². The first kappa shape index (κ1) is 16.9. The first-order valence-electron chi connectivity index (χ1n) is 6.89. The van der Waals surface area contributed by atoms with Crippen molar-refractivity contribution in [1.29, 1.82) is 0 Å². The molecule has 0 fully saturated rings. The summed E-state index contributed by atoms with van der Waals surface area (Å²) >= 11 is 0. The van der Waals surface area contributed by atoms with Gasteiger partial charge in [-0.05, 0) is 39.3 Å². The minimum atomic E-state index is -0.612. The lowest BCUT2D eigenvalue weighted by molar-refractivity contribution is -0.134. The molecule has 0 saturated carbocycles. The summed E-state index contributed by atoms with van der Waals surface area (Å²) in [6.45, 7) is 7.20. The number of carbonyl (C=O) groups excluding carboxylic acids is 2. The number of anilines is 1. The van der Waals surface area contributed by atoms with Crippen LogP contribution in [-0.4, -0.2) is 29.6 Å². The fourth-order valence-corrected chi connectivity index (χ4v) is 1.52. The molecule has 0 bridgehead atoms. The van der Waals surface area contributed by atoms with E-state index in [9.17, 15) is 9.59 Å². The molecular weight excluding hydrogens is 272 g/mol.